The molecule has 1 aromatic heterocycles. The van der Waals surface area contributed by atoms with Gasteiger partial charge in [-0.05, 0) is 61.4 Å². The number of aromatic nitrogens is 2. The SMILES string of the molecule is CCCCCN(C(=O)COc1ccccc1)C(CC)c1nc2ccccc2c(=O)n1-c1ccc(F)cc1. The van der Waals surface area contributed by atoms with E-state index in [0.29, 0.717) is 41.1 Å². The lowest BCUT2D eigenvalue weighted by Crippen LogP contribution is -2.41. The predicted octanol–water partition coefficient (Wildman–Crippen LogP) is 6.07. The molecule has 4 aromatic rings. The van der Waals surface area contributed by atoms with Crippen molar-refractivity contribution in [3.8, 4) is 11.4 Å². The average molecular weight is 502 g/mol. The minimum absolute atomic E-state index is 0.124. The quantitative estimate of drug-likeness (QED) is 0.234. The van der Waals surface area contributed by atoms with E-state index in [9.17, 15) is 14.0 Å². The fourth-order valence-corrected chi connectivity index (χ4v) is 4.49. The number of hydrogen-bond acceptors (Lipinski definition) is 4. The van der Waals surface area contributed by atoms with Crippen LogP contribution >= 0.6 is 0 Å². The van der Waals surface area contributed by atoms with E-state index in [-0.39, 0.29) is 18.1 Å². The van der Waals surface area contributed by atoms with Gasteiger partial charge in [0.1, 0.15) is 17.4 Å². The third-order valence-electron chi connectivity index (χ3n) is 6.38. The molecule has 0 aliphatic carbocycles. The van der Waals surface area contributed by atoms with E-state index in [0.717, 1.165) is 19.3 Å². The van der Waals surface area contributed by atoms with Crippen LogP contribution < -0.4 is 10.3 Å². The second-order valence-corrected chi connectivity index (χ2v) is 8.92. The standard InChI is InChI=1S/C30H32FN3O3/c1-3-5-11-20-33(28(35)21-37-24-12-7-6-8-13-24)27(4-2)29-32-26-15-10-9-14-25(26)30(36)34(29)23-18-16-22(31)17-19-23/h6-10,12-19,27H,3-5,11,20-21H2,1-2H3. The molecule has 6 nitrogen and oxygen atoms in total. The van der Waals surface area contributed by atoms with Crippen molar-refractivity contribution in [3.63, 3.8) is 0 Å². The summed E-state index contributed by atoms with van der Waals surface area (Å²) in [6, 6.07) is 21.6. The molecule has 1 atom stereocenters. The Hall–Kier alpha value is -4.00. The number of hydrogen-bond donors (Lipinski definition) is 0. The van der Waals surface area contributed by atoms with Crippen molar-refractivity contribution in [3.05, 3.63) is 101 Å². The summed E-state index contributed by atoms with van der Waals surface area (Å²) in [5.74, 6) is 0.486. The van der Waals surface area contributed by atoms with Crippen LogP contribution in [0.4, 0.5) is 4.39 Å². The number of para-hydroxylation sites is 2. The first kappa shape index (κ1) is 26.1. The molecule has 37 heavy (non-hydrogen) atoms. The van der Waals surface area contributed by atoms with Crippen molar-refractivity contribution in [2.45, 2.75) is 45.6 Å². The smallest absolute Gasteiger partial charge is 0.266 e. The summed E-state index contributed by atoms with van der Waals surface area (Å²) >= 11 is 0. The number of nitrogens with zero attached hydrogens (tertiary/aromatic N) is 3. The number of fused-ring (bicyclic) bond motifs is 1. The molecule has 1 amide bonds. The second kappa shape index (κ2) is 12.3. The molecular formula is C30H32FN3O3. The van der Waals surface area contributed by atoms with Crippen LogP contribution in [-0.4, -0.2) is 33.5 Å². The van der Waals surface area contributed by atoms with Crippen LogP contribution in [0.5, 0.6) is 5.75 Å². The molecule has 0 radical (unpaired) electrons. The van der Waals surface area contributed by atoms with Crippen LogP contribution in [-0.2, 0) is 4.79 Å². The fourth-order valence-electron chi connectivity index (χ4n) is 4.49. The van der Waals surface area contributed by atoms with E-state index >= 15 is 0 Å². The summed E-state index contributed by atoms with van der Waals surface area (Å²) in [6.45, 7) is 4.47. The molecule has 0 saturated carbocycles. The van der Waals surface area contributed by atoms with E-state index in [1.807, 2.05) is 43.3 Å². The molecule has 0 N–H and O–H groups in total. The topological polar surface area (TPSA) is 64.4 Å². The van der Waals surface area contributed by atoms with Gasteiger partial charge in [0.25, 0.3) is 11.5 Å². The zero-order valence-corrected chi connectivity index (χ0v) is 21.3. The molecule has 0 bridgehead atoms. The summed E-state index contributed by atoms with van der Waals surface area (Å²) in [5.41, 5.74) is 0.799. The molecule has 0 aliphatic heterocycles. The van der Waals surface area contributed by atoms with E-state index in [4.69, 9.17) is 9.72 Å². The molecule has 7 heteroatoms. The lowest BCUT2D eigenvalue weighted by Gasteiger charge is -2.32. The van der Waals surface area contributed by atoms with Gasteiger partial charge in [-0.3, -0.25) is 14.2 Å². The lowest BCUT2D eigenvalue weighted by atomic mass is 10.1. The molecule has 0 aliphatic rings. The van der Waals surface area contributed by atoms with Gasteiger partial charge >= 0.3 is 0 Å². The van der Waals surface area contributed by atoms with E-state index in [1.165, 1.54) is 16.7 Å². The number of benzene rings is 3. The number of rotatable bonds is 11. The van der Waals surface area contributed by atoms with Crippen molar-refractivity contribution in [1.82, 2.24) is 14.5 Å². The summed E-state index contributed by atoms with van der Waals surface area (Å²) < 4.78 is 21.0. The number of amides is 1. The van der Waals surface area contributed by atoms with Gasteiger partial charge in [-0.15, -0.1) is 0 Å². The van der Waals surface area contributed by atoms with Gasteiger partial charge in [0, 0.05) is 6.54 Å². The highest BCUT2D eigenvalue weighted by molar-refractivity contribution is 5.79. The van der Waals surface area contributed by atoms with E-state index in [1.54, 1.807) is 35.2 Å². The number of carbonyl (C=O) groups is 1. The molecule has 0 spiro atoms. The number of carbonyl (C=O) groups excluding carboxylic acids is 1. The maximum absolute atomic E-state index is 13.7. The van der Waals surface area contributed by atoms with Gasteiger partial charge in [-0.2, -0.15) is 0 Å². The summed E-state index contributed by atoms with van der Waals surface area (Å²) in [6.07, 6.45) is 3.33. The van der Waals surface area contributed by atoms with Crippen molar-refractivity contribution < 1.29 is 13.9 Å². The average Bonchev–Trinajstić information content (AvgIpc) is 2.93. The maximum atomic E-state index is 13.7. The molecule has 192 valence electrons. The van der Waals surface area contributed by atoms with Crippen LogP contribution in [0.3, 0.4) is 0 Å². The Morgan fingerprint density at radius 2 is 1.68 bits per heavy atom. The van der Waals surface area contributed by atoms with E-state index < -0.39 is 11.9 Å². The maximum Gasteiger partial charge on any atom is 0.266 e. The highest BCUT2D eigenvalue weighted by Gasteiger charge is 2.29. The van der Waals surface area contributed by atoms with Crippen molar-refractivity contribution in [1.29, 1.82) is 0 Å². The fraction of sp³-hybridized carbons (Fsp3) is 0.300. The second-order valence-electron chi connectivity index (χ2n) is 8.92. The Morgan fingerprint density at radius 1 is 0.973 bits per heavy atom. The largest absolute Gasteiger partial charge is 0.484 e. The van der Waals surface area contributed by atoms with Crippen LogP contribution in [0, 0.1) is 5.82 Å². The van der Waals surface area contributed by atoms with Gasteiger partial charge in [-0.25, -0.2) is 9.37 Å². The highest BCUT2D eigenvalue weighted by atomic mass is 19.1. The zero-order valence-electron chi connectivity index (χ0n) is 21.3. The van der Waals surface area contributed by atoms with Crippen molar-refractivity contribution >= 4 is 16.8 Å². The predicted molar refractivity (Wildman–Crippen MR) is 144 cm³/mol. The Bertz CT molecular complexity index is 1390. The number of halogens is 1. The van der Waals surface area contributed by atoms with Crippen LogP contribution in [0.2, 0.25) is 0 Å². The van der Waals surface area contributed by atoms with Gasteiger partial charge in [-0.1, -0.05) is 57.0 Å². The third kappa shape index (κ3) is 6.05. The Morgan fingerprint density at radius 3 is 2.38 bits per heavy atom. The highest BCUT2D eigenvalue weighted by Crippen LogP contribution is 2.27. The minimum atomic E-state index is -0.480. The minimum Gasteiger partial charge on any atom is -0.484 e. The molecule has 4 rings (SSSR count). The summed E-state index contributed by atoms with van der Waals surface area (Å²) in [4.78, 5) is 33.9. The lowest BCUT2D eigenvalue weighted by molar-refractivity contribution is -0.136. The van der Waals surface area contributed by atoms with E-state index in [2.05, 4.69) is 6.92 Å². The monoisotopic (exact) mass is 501 g/mol. The Balaban J connectivity index is 1.79. The molecule has 1 unspecified atom stereocenters. The van der Waals surface area contributed by atoms with Crippen molar-refractivity contribution in [2.75, 3.05) is 13.2 Å². The van der Waals surface area contributed by atoms with Crippen LogP contribution in [0.15, 0.2) is 83.7 Å². The molecule has 3 aromatic carbocycles. The zero-order chi connectivity index (χ0) is 26.2. The van der Waals surface area contributed by atoms with Crippen LogP contribution in [0.25, 0.3) is 16.6 Å². The summed E-state index contributed by atoms with van der Waals surface area (Å²) in [7, 11) is 0. The van der Waals surface area contributed by atoms with Gasteiger partial charge in [0.15, 0.2) is 6.61 Å². The number of ether oxygens (including phenoxy) is 1. The normalized spacial score (nSPS) is 11.9. The van der Waals surface area contributed by atoms with Crippen LogP contribution in [0.1, 0.15) is 51.4 Å². The van der Waals surface area contributed by atoms with Gasteiger partial charge in [0.2, 0.25) is 0 Å². The Kier molecular flexibility index (Phi) is 8.67. The Labute approximate surface area is 216 Å². The first-order valence-corrected chi connectivity index (χ1v) is 12.8. The third-order valence-corrected chi connectivity index (χ3v) is 6.38. The molecule has 0 fully saturated rings. The molecular weight excluding hydrogens is 469 g/mol. The van der Waals surface area contributed by atoms with Gasteiger partial charge < -0.3 is 9.64 Å². The molecule has 0 saturated heterocycles. The summed E-state index contributed by atoms with van der Waals surface area (Å²) in [5, 5.41) is 0.460. The van der Waals surface area contributed by atoms with Crippen molar-refractivity contribution in [2.24, 2.45) is 0 Å². The molecule has 1 heterocycles. The van der Waals surface area contributed by atoms with Gasteiger partial charge in [0.05, 0.1) is 22.6 Å². The first-order valence-electron chi connectivity index (χ1n) is 12.8. The first-order chi connectivity index (χ1) is 18.0. The number of unbranched alkanes of at least 4 members (excludes halogenated alkanes) is 2.